The van der Waals surface area contributed by atoms with Gasteiger partial charge in [-0.3, -0.25) is 15.1 Å². The summed E-state index contributed by atoms with van der Waals surface area (Å²) in [5, 5.41) is 6.81. The van der Waals surface area contributed by atoms with Crippen molar-refractivity contribution in [1.82, 2.24) is 15.3 Å². The molecule has 0 atom stereocenters. The number of carbonyl (C=O) groups is 1. The van der Waals surface area contributed by atoms with Gasteiger partial charge in [0.1, 0.15) is 17.2 Å². The molecule has 4 rings (SSSR count). The Labute approximate surface area is 173 Å². The molecule has 0 saturated carbocycles. The highest BCUT2D eigenvalue weighted by Gasteiger charge is 2.19. The number of aromatic nitrogens is 2. The molecule has 1 aliphatic rings. The Morgan fingerprint density at radius 2 is 1.89 bits per heavy atom. The van der Waals surface area contributed by atoms with E-state index in [1.54, 1.807) is 18.3 Å². The van der Waals surface area contributed by atoms with Gasteiger partial charge in [-0.2, -0.15) is 0 Å². The van der Waals surface area contributed by atoms with Crippen molar-refractivity contribution in [3.8, 4) is 11.5 Å². The number of amides is 1. The number of ether oxygens (including phenoxy) is 1. The van der Waals surface area contributed by atoms with Crippen LogP contribution in [0.15, 0.2) is 54.9 Å². The van der Waals surface area contributed by atoms with Gasteiger partial charge < -0.3 is 10.1 Å². The minimum absolute atomic E-state index is 0. The van der Waals surface area contributed by atoms with Gasteiger partial charge in [-0.25, -0.2) is 4.98 Å². The predicted octanol–water partition coefficient (Wildman–Crippen LogP) is 4.47. The molecule has 0 aliphatic carbocycles. The van der Waals surface area contributed by atoms with Crippen molar-refractivity contribution in [3.05, 3.63) is 65.4 Å². The molecule has 6 nitrogen and oxygen atoms in total. The van der Waals surface area contributed by atoms with E-state index in [1.165, 1.54) is 16.2 Å². The number of benzene rings is 1. The summed E-state index contributed by atoms with van der Waals surface area (Å²) < 4.78 is 5.76. The molecular formula is C20H21ClN4O2S. The van der Waals surface area contributed by atoms with Crippen LogP contribution in [-0.2, 0) is 0 Å². The van der Waals surface area contributed by atoms with Crippen molar-refractivity contribution < 1.29 is 9.53 Å². The molecule has 2 aromatic heterocycles. The topological polar surface area (TPSA) is 76.1 Å². The molecule has 1 aliphatic heterocycles. The van der Waals surface area contributed by atoms with Crippen LogP contribution in [0.4, 0.5) is 5.13 Å². The third-order valence-electron chi connectivity index (χ3n) is 4.43. The first-order chi connectivity index (χ1) is 13.3. The minimum atomic E-state index is -0.292. The SMILES string of the molecule is Cl.O=C(Nc1ncc(C2CCNCC2)s1)c1cc(Oc2ccccc2)ccn1. The molecule has 1 amide bonds. The van der Waals surface area contributed by atoms with Crippen molar-refractivity contribution >= 4 is 34.8 Å². The summed E-state index contributed by atoms with van der Waals surface area (Å²) in [5.74, 6) is 1.51. The Hall–Kier alpha value is -2.48. The number of carbonyl (C=O) groups excluding carboxylic acids is 1. The number of pyridine rings is 1. The fraction of sp³-hybridized carbons (Fsp3) is 0.250. The number of halogens is 1. The van der Waals surface area contributed by atoms with E-state index in [0.717, 1.165) is 25.9 Å². The highest BCUT2D eigenvalue weighted by Crippen LogP contribution is 2.32. The molecule has 1 aromatic carbocycles. The lowest BCUT2D eigenvalue weighted by Gasteiger charge is -2.20. The van der Waals surface area contributed by atoms with Crippen molar-refractivity contribution in [2.45, 2.75) is 18.8 Å². The summed E-state index contributed by atoms with van der Waals surface area (Å²) in [6.07, 6.45) is 5.65. The van der Waals surface area contributed by atoms with Crippen LogP contribution >= 0.6 is 23.7 Å². The van der Waals surface area contributed by atoms with E-state index in [4.69, 9.17) is 4.74 Å². The standard InChI is InChI=1S/C20H20N4O2S.ClH/c25-19(24-20-23-13-18(27-20)14-6-9-21-10-7-14)17-12-16(8-11-22-17)26-15-4-2-1-3-5-15;/h1-5,8,11-14,21H,6-7,9-10H2,(H,23,24,25);1H. The average Bonchev–Trinajstić information content (AvgIpc) is 3.18. The van der Waals surface area contributed by atoms with Crippen LogP contribution in [-0.4, -0.2) is 29.0 Å². The molecule has 3 heterocycles. The number of rotatable bonds is 5. The molecule has 2 N–H and O–H groups in total. The van der Waals surface area contributed by atoms with Gasteiger partial charge in [-0.05, 0) is 50.0 Å². The van der Waals surface area contributed by atoms with E-state index < -0.39 is 0 Å². The fourth-order valence-corrected chi connectivity index (χ4v) is 4.00. The Kier molecular flexibility index (Phi) is 6.97. The summed E-state index contributed by atoms with van der Waals surface area (Å²) >= 11 is 1.54. The second kappa shape index (κ2) is 9.64. The summed E-state index contributed by atoms with van der Waals surface area (Å²) in [4.78, 5) is 22.3. The molecule has 146 valence electrons. The lowest BCUT2D eigenvalue weighted by molar-refractivity contribution is 0.102. The van der Waals surface area contributed by atoms with E-state index in [-0.39, 0.29) is 18.3 Å². The van der Waals surface area contributed by atoms with Gasteiger partial charge in [0.2, 0.25) is 0 Å². The van der Waals surface area contributed by atoms with E-state index >= 15 is 0 Å². The number of hydrogen-bond acceptors (Lipinski definition) is 6. The van der Waals surface area contributed by atoms with Gasteiger partial charge >= 0.3 is 0 Å². The highest BCUT2D eigenvalue weighted by molar-refractivity contribution is 7.15. The molecule has 1 fully saturated rings. The number of thiazole rings is 1. The van der Waals surface area contributed by atoms with E-state index in [9.17, 15) is 4.79 Å². The third-order valence-corrected chi connectivity index (χ3v) is 5.50. The summed E-state index contributed by atoms with van der Waals surface area (Å²) in [6, 6.07) is 12.8. The summed E-state index contributed by atoms with van der Waals surface area (Å²) in [7, 11) is 0. The number of para-hydroxylation sites is 1. The number of anilines is 1. The molecule has 3 aromatic rings. The number of nitrogens with zero attached hydrogens (tertiary/aromatic N) is 2. The largest absolute Gasteiger partial charge is 0.457 e. The summed E-state index contributed by atoms with van der Waals surface area (Å²) in [6.45, 7) is 2.06. The molecule has 0 unspecified atom stereocenters. The molecule has 28 heavy (non-hydrogen) atoms. The maximum atomic E-state index is 12.5. The van der Waals surface area contributed by atoms with Gasteiger partial charge in [-0.15, -0.1) is 23.7 Å². The number of nitrogens with one attached hydrogen (secondary N) is 2. The van der Waals surface area contributed by atoms with E-state index in [1.807, 2.05) is 36.5 Å². The normalized spacial score (nSPS) is 14.1. The highest BCUT2D eigenvalue weighted by atomic mass is 35.5. The first kappa shape index (κ1) is 20.3. The van der Waals surface area contributed by atoms with E-state index in [2.05, 4.69) is 20.6 Å². The van der Waals surface area contributed by atoms with Gasteiger partial charge in [0.05, 0.1) is 0 Å². The first-order valence-corrected chi connectivity index (χ1v) is 9.76. The van der Waals surface area contributed by atoms with Crippen LogP contribution in [0.3, 0.4) is 0 Å². The summed E-state index contributed by atoms with van der Waals surface area (Å²) in [5.41, 5.74) is 0.294. The lowest BCUT2D eigenvalue weighted by Crippen LogP contribution is -2.26. The Bertz CT molecular complexity index is 913. The monoisotopic (exact) mass is 416 g/mol. The van der Waals surface area contributed by atoms with Crippen molar-refractivity contribution in [3.63, 3.8) is 0 Å². The zero-order valence-electron chi connectivity index (χ0n) is 15.1. The van der Waals surface area contributed by atoms with Crippen molar-refractivity contribution in [1.29, 1.82) is 0 Å². The first-order valence-electron chi connectivity index (χ1n) is 8.95. The Morgan fingerprint density at radius 1 is 1.11 bits per heavy atom. The van der Waals surface area contributed by atoms with Crippen LogP contribution in [0.2, 0.25) is 0 Å². The van der Waals surface area contributed by atoms with Crippen LogP contribution in [0.5, 0.6) is 11.5 Å². The van der Waals surface area contributed by atoms with Crippen LogP contribution < -0.4 is 15.4 Å². The smallest absolute Gasteiger partial charge is 0.276 e. The predicted molar refractivity (Wildman–Crippen MR) is 113 cm³/mol. The zero-order valence-corrected chi connectivity index (χ0v) is 16.8. The maximum absolute atomic E-state index is 12.5. The van der Waals surface area contributed by atoms with Gasteiger partial charge in [0.25, 0.3) is 5.91 Å². The fourth-order valence-electron chi connectivity index (χ4n) is 3.02. The Morgan fingerprint density at radius 3 is 2.68 bits per heavy atom. The zero-order chi connectivity index (χ0) is 18.5. The number of piperidine rings is 1. The number of hydrogen-bond donors (Lipinski definition) is 2. The minimum Gasteiger partial charge on any atom is -0.457 e. The van der Waals surface area contributed by atoms with E-state index in [0.29, 0.717) is 28.2 Å². The molecule has 8 heteroatoms. The van der Waals surface area contributed by atoms with Crippen LogP contribution in [0.25, 0.3) is 0 Å². The van der Waals surface area contributed by atoms with Gasteiger partial charge in [0.15, 0.2) is 5.13 Å². The van der Waals surface area contributed by atoms with Gasteiger partial charge in [0, 0.05) is 23.3 Å². The molecule has 0 bridgehead atoms. The van der Waals surface area contributed by atoms with Crippen LogP contribution in [0.1, 0.15) is 34.1 Å². The lowest BCUT2D eigenvalue weighted by atomic mass is 9.97. The molecular weight excluding hydrogens is 396 g/mol. The maximum Gasteiger partial charge on any atom is 0.276 e. The van der Waals surface area contributed by atoms with Crippen molar-refractivity contribution in [2.24, 2.45) is 0 Å². The van der Waals surface area contributed by atoms with Crippen LogP contribution in [0, 0.1) is 0 Å². The molecule has 0 spiro atoms. The molecule has 0 radical (unpaired) electrons. The average molecular weight is 417 g/mol. The second-order valence-electron chi connectivity index (χ2n) is 6.34. The third kappa shape index (κ3) is 5.07. The quantitative estimate of drug-likeness (QED) is 0.641. The Balaban J connectivity index is 0.00000225. The van der Waals surface area contributed by atoms with Crippen molar-refractivity contribution in [2.75, 3.05) is 18.4 Å². The second-order valence-corrected chi connectivity index (χ2v) is 7.40. The van der Waals surface area contributed by atoms with Gasteiger partial charge in [-0.1, -0.05) is 18.2 Å². The molecule has 1 saturated heterocycles.